The van der Waals surface area contributed by atoms with Crippen LogP contribution in [-0.4, -0.2) is 37.0 Å². The van der Waals surface area contributed by atoms with Crippen LogP contribution in [0.3, 0.4) is 0 Å². The summed E-state index contributed by atoms with van der Waals surface area (Å²) in [5.41, 5.74) is 0.345. The molecule has 0 bridgehead atoms. The molecule has 3 atom stereocenters. The average Bonchev–Trinajstić information content (AvgIpc) is 3.13. The van der Waals surface area contributed by atoms with Crippen molar-refractivity contribution in [3.63, 3.8) is 0 Å². The summed E-state index contributed by atoms with van der Waals surface area (Å²) in [6, 6.07) is 3.72. The summed E-state index contributed by atoms with van der Waals surface area (Å²) >= 11 is 0. The van der Waals surface area contributed by atoms with Crippen LogP contribution in [0.2, 0.25) is 0 Å². The Morgan fingerprint density at radius 1 is 1.43 bits per heavy atom. The van der Waals surface area contributed by atoms with Crippen LogP contribution in [0.5, 0.6) is 0 Å². The second-order valence-electron chi connectivity index (χ2n) is 6.00. The van der Waals surface area contributed by atoms with Gasteiger partial charge >= 0.3 is 0 Å². The fraction of sp³-hybridized carbons (Fsp3) is 0.562. The summed E-state index contributed by atoms with van der Waals surface area (Å²) in [6.07, 6.45) is 2.66. The van der Waals surface area contributed by atoms with E-state index >= 15 is 0 Å². The molecule has 0 aromatic heterocycles. The van der Waals surface area contributed by atoms with E-state index in [1.54, 1.807) is 0 Å². The van der Waals surface area contributed by atoms with E-state index in [1.165, 1.54) is 6.07 Å². The van der Waals surface area contributed by atoms with Crippen LogP contribution in [0, 0.1) is 17.6 Å². The highest BCUT2D eigenvalue weighted by atomic mass is 19.1. The van der Waals surface area contributed by atoms with Gasteiger partial charge in [0.25, 0.3) is 0 Å². The first-order valence-corrected chi connectivity index (χ1v) is 7.52. The molecule has 3 rings (SSSR count). The molecule has 0 spiro atoms. The Labute approximate surface area is 123 Å². The van der Waals surface area contributed by atoms with E-state index in [1.807, 2.05) is 11.9 Å². The molecule has 0 radical (unpaired) electrons. The first-order valence-electron chi connectivity index (χ1n) is 7.52. The van der Waals surface area contributed by atoms with Crippen LogP contribution in [-0.2, 0) is 4.79 Å². The highest BCUT2D eigenvalue weighted by Gasteiger charge is 2.48. The average molecular weight is 294 g/mol. The molecule has 1 amide bonds. The third kappa shape index (κ3) is 2.79. The summed E-state index contributed by atoms with van der Waals surface area (Å²) in [4.78, 5) is 14.5. The molecule has 1 aromatic carbocycles. The SMILES string of the molecule is CNCC1CCCN1C(=O)C1CC1c1cc(F)ccc1F. The molecule has 1 saturated heterocycles. The number of likely N-dealkylation sites (N-methyl/N-ethyl adjacent to an activating group) is 1. The summed E-state index contributed by atoms with van der Waals surface area (Å²) < 4.78 is 27.0. The van der Waals surface area contributed by atoms with Gasteiger partial charge in [0.05, 0.1) is 0 Å². The number of nitrogens with zero attached hydrogens (tertiary/aromatic N) is 1. The van der Waals surface area contributed by atoms with Crippen molar-refractivity contribution in [2.45, 2.75) is 31.2 Å². The van der Waals surface area contributed by atoms with E-state index in [0.717, 1.165) is 38.1 Å². The molecule has 2 aliphatic rings. The number of hydrogen-bond donors (Lipinski definition) is 1. The zero-order valence-corrected chi connectivity index (χ0v) is 12.1. The minimum atomic E-state index is -0.446. The fourth-order valence-electron chi connectivity index (χ4n) is 3.40. The van der Waals surface area contributed by atoms with Crippen LogP contribution in [0.15, 0.2) is 18.2 Å². The molecule has 1 aliphatic heterocycles. The maximum Gasteiger partial charge on any atom is 0.226 e. The summed E-state index contributed by atoms with van der Waals surface area (Å²) in [5.74, 6) is -1.10. The van der Waals surface area contributed by atoms with Gasteiger partial charge in [-0.15, -0.1) is 0 Å². The van der Waals surface area contributed by atoms with Crippen LogP contribution >= 0.6 is 0 Å². The lowest BCUT2D eigenvalue weighted by atomic mass is 10.1. The number of rotatable bonds is 4. The summed E-state index contributed by atoms with van der Waals surface area (Å²) in [6.45, 7) is 1.57. The second-order valence-corrected chi connectivity index (χ2v) is 6.00. The Morgan fingerprint density at radius 2 is 2.24 bits per heavy atom. The highest BCUT2D eigenvalue weighted by Crippen LogP contribution is 2.50. The van der Waals surface area contributed by atoms with Gasteiger partial charge in [-0.1, -0.05) is 0 Å². The normalized spacial score (nSPS) is 28.0. The van der Waals surface area contributed by atoms with Crippen LogP contribution in [0.25, 0.3) is 0 Å². The minimum absolute atomic E-state index is 0.0985. The third-order valence-electron chi connectivity index (χ3n) is 4.57. The maximum atomic E-state index is 13.8. The number of carbonyl (C=O) groups is 1. The number of amides is 1. The van der Waals surface area contributed by atoms with Crippen molar-refractivity contribution in [3.05, 3.63) is 35.4 Å². The topological polar surface area (TPSA) is 32.3 Å². The van der Waals surface area contributed by atoms with Gasteiger partial charge in [0, 0.05) is 25.0 Å². The summed E-state index contributed by atoms with van der Waals surface area (Å²) in [5, 5.41) is 3.11. The molecular formula is C16H20F2N2O. The molecule has 2 fully saturated rings. The lowest BCUT2D eigenvalue weighted by molar-refractivity contribution is -0.133. The lowest BCUT2D eigenvalue weighted by Crippen LogP contribution is -2.41. The molecule has 1 aromatic rings. The smallest absolute Gasteiger partial charge is 0.226 e. The van der Waals surface area contributed by atoms with E-state index in [-0.39, 0.29) is 23.8 Å². The van der Waals surface area contributed by atoms with Gasteiger partial charge in [-0.3, -0.25) is 4.79 Å². The first-order chi connectivity index (χ1) is 10.1. The molecule has 114 valence electrons. The Morgan fingerprint density at radius 3 is 3.00 bits per heavy atom. The van der Waals surface area contributed by atoms with Crippen molar-refractivity contribution in [2.24, 2.45) is 5.92 Å². The quantitative estimate of drug-likeness (QED) is 0.924. The van der Waals surface area contributed by atoms with E-state index in [4.69, 9.17) is 0 Å². The van der Waals surface area contributed by atoms with Crippen LogP contribution in [0.4, 0.5) is 8.78 Å². The summed E-state index contributed by atoms with van der Waals surface area (Å²) in [7, 11) is 1.88. The Bertz CT molecular complexity index is 549. The molecular weight excluding hydrogens is 274 g/mol. The molecule has 3 unspecified atom stereocenters. The Balaban J connectivity index is 1.69. The molecule has 1 saturated carbocycles. The number of halogens is 2. The predicted molar refractivity (Wildman–Crippen MR) is 75.9 cm³/mol. The Hall–Kier alpha value is -1.49. The monoisotopic (exact) mass is 294 g/mol. The van der Waals surface area contributed by atoms with E-state index in [0.29, 0.717) is 12.0 Å². The molecule has 1 N–H and O–H groups in total. The van der Waals surface area contributed by atoms with Crippen molar-refractivity contribution < 1.29 is 13.6 Å². The van der Waals surface area contributed by atoms with Crippen molar-refractivity contribution in [1.29, 1.82) is 0 Å². The van der Waals surface area contributed by atoms with Gasteiger partial charge < -0.3 is 10.2 Å². The number of likely N-dealkylation sites (tertiary alicyclic amines) is 1. The largest absolute Gasteiger partial charge is 0.338 e. The molecule has 5 heteroatoms. The highest BCUT2D eigenvalue weighted by molar-refractivity contribution is 5.83. The number of benzene rings is 1. The van der Waals surface area contributed by atoms with E-state index < -0.39 is 11.6 Å². The third-order valence-corrected chi connectivity index (χ3v) is 4.57. The standard InChI is InChI=1S/C16H20F2N2O/c1-19-9-11-3-2-6-20(11)16(21)14-8-12(14)13-7-10(17)4-5-15(13)18/h4-5,7,11-12,14,19H,2-3,6,8-9H2,1H3. The van der Waals surface area contributed by atoms with Gasteiger partial charge in [0.15, 0.2) is 0 Å². The number of nitrogens with one attached hydrogen (secondary N) is 1. The lowest BCUT2D eigenvalue weighted by Gasteiger charge is -2.24. The van der Waals surface area contributed by atoms with E-state index in [2.05, 4.69) is 5.32 Å². The first kappa shape index (κ1) is 14.4. The number of hydrogen-bond acceptors (Lipinski definition) is 2. The molecule has 21 heavy (non-hydrogen) atoms. The minimum Gasteiger partial charge on any atom is -0.338 e. The van der Waals surface area contributed by atoms with Gasteiger partial charge in [-0.25, -0.2) is 8.78 Å². The second kappa shape index (κ2) is 5.72. The van der Waals surface area contributed by atoms with Gasteiger partial charge in [0.2, 0.25) is 5.91 Å². The van der Waals surface area contributed by atoms with Crippen molar-refractivity contribution in [2.75, 3.05) is 20.1 Å². The predicted octanol–water partition coefficient (Wildman–Crippen LogP) is 2.28. The van der Waals surface area contributed by atoms with E-state index in [9.17, 15) is 13.6 Å². The Kier molecular flexibility index (Phi) is 3.93. The van der Waals surface area contributed by atoms with Crippen molar-refractivity contribution >= 4 is 5.91 Å². The van der Waals surface area contributed by atoms with Gasteiger partial charge in [-0.2, -0.15) is 0 Å². The molecule has 1 heterocycles. The van der Waals surface area contributed by atoms with Crippen molar-refractivity contribution in [1.82, 2.24) is 10.2 Å². The van der Waals surface area contributed by atoms with Crippen LogP contribution in [0.1, 0.15) is 30.7 Å². The van der Waals surface area contributed by atoms with Crippen LogP contribution < -0.4 is 5.32 Å². The fourth-order valence-corrected chi connectivity index (χ4v) is 3.40. The number of carbonyl (C=O) groups excluding carboxylic acids is 1. The van der Waals surface area contributed by atoms with Crippen molar-refractivity contribution in [3.8, 4) is 0 Å². The van der Waals surface area contributed by atoms with Gasteiger partial charge in [0.1, 0.15) is 11.6 Å². The maximum absolute atomic E-state index is 13.8. The zero-order valence-electron chi connectivity index (χ0n) is 12.1. The zero-order chi connectivity index (χ0) is 15.0. The molecule has 3 nitrogen and oxygen atoms in total. The van der Waals surface area contributed by atoms with Gasteiger partial charge in [-0.05, 0) is 56.0 Å². The molecule has 1 aliphatic carbocycles.